The van der Waals surface area contributed by atoms with Crippen LogP contribution in [0.4, 0.5) is 0 Å². The lowest BCUT2D eigenvalue weighted by molar-refractivity contribution is -0.124. The van der Waals surface area contributed by atoms with E-state index in [9.17, 15) is 9.59 Å². The number of pyridine rings is 1. The summed E-state index contributed by atoms with van der Waals surface area (Å²) >= 11 is 0. The number of nitrogens with one attached hydrogen (secondary N) is 1. The van der Waals surface area contributed by atoms with Gasteiger partial charge in [-0.2, -0.15) is 0 Å². The van der Waals surface area contributed by atoms with Gasteiger partial charge in [-0.3, -0.25) is 14.6 Å². The van der Waals surface area contributed by atoms with E-state index in [4.69, 9.17) is 0 Å². The average molecular weight is 385 g/mol. The molecule has 1 aromatic heterocycles. The lowest BCUT2D eigenvalue weighted by Crippen LogP contribution is -2.37. The van der Waals surface area contributed by atoms with Crippen LogP contribution in [0.1, 0.15) is 15.9 Å². The molecule has 29 heavy (non-hydrogen) atoms. The molecule has 0 unspecified atom stereocenters. The van der Waals surface area contributed by atoms with Crippen molar-refractivity contribution in [1.29, 1.82) is 0 Å². The van der Waals surface area contributed by atoms with Gasteiger partial charge >= 0.3 is 0 Å². The van der Waals surface area contributed by atoms with Crippen LogP contribution in [0, 0.1) is 5.92 Å². The lowest BCUT2D eigenvalue weighted by atomic mass is 9.91. The quantitative estimate of drug-likeness (QED) is 0.750. The molecule has 1 aliphatic rings. The van der Waals surface area contributed by atoms with Gasteiger partial charge in [-0.05, 0) is 47.4 Å². The first-order valence-corrected chi connectivity index (χ1v) is 9.83. The largest absolute Gasteiger partial charge is 0.354 e. The van der Waals surface area contributed by atoms with Crippen LogP contribution in [0.25, 0.3) is 11.1 Å². The third kappa shape index (κ3) is 4.35. The molecule has 2 aromatic carbocycles. The summed E-state index contributed by atoms with van der Waals surface area (Å²) in [6.45, 7) is 1.39. The minimum absolute atomic E-state index is 0.00195. The van der Waals surface area contributed by atoms with Gasteiger partial charge in [-0.1, -0.05) is 42.5 Å². The molecule has 0 aliphatic carbocycles. The highest BCUT2D eigenvalue weighted by molar-refractivity contribution is 5.94. The normalized spacial score (nSPS) is 16.8. The molecule has 1 atom stereocenters. The van der Waals surface area contributed by atoms with Crippen molar-refractivity contribution in [2.45, 2.75) is 6.42 Å². The zero-order chi connectivity index (χ0) is 20.1. The summed E-state index contributed by atoms with van der Waals surface area (Å²) in [5, 5.41) is 2.97. The SMILES string of the molecule is O=C1NCCN(C(=O)c2ccccc2)C[C@@H]1Cc1ccccc1-c1ccncc1. The minimum atomic E-state index is -0.298. The zero-order valence-corrected chi connectivity index (χ0v) is 16.1. The Kier molecular flexibility index (Phi) is 5.66. The Bertz CT molecular complexity index is 989. The summed E-state index contributed by atoms with van der Waals surface area (Å²) in [6, 6.07) is 21.3. The van der Waals surface area contributed by atoms with Crippen molar-refractivity contribution in [2.75, 3.05) is 19.6 Å². The predicted octanol–water partition coefficient (Wildman–Crippen LogP) is 3.18. The molecule has 0 spiro atoms. The van der Waals surface area contributed by atoms with Gasteiger partial charge in [0.15, 0.2) is 0 Å². The first kappa shape index (κ1) is 18.9. The predicted molar refractivity (Wildman–Crippen MR) is 112 cm³/mol. The number of hydrogen-bond donors (Lipinski definition) is 1. The van der Waals surface area contributed by atoms with Gasteiger partial charge in [-0.25, -0.2) is 0 Å². The van der Waals surface area contributed by atoms with Crippen molar-refractivity contribution in [3.05, 3.63) is 90.3 Å². The molecule has 1 aliphatic heterocycles. The van der Waals surface area contributed by atoms with Crippen LogP contribution >= 0.6 is 0 Å². The highest BCUT2D eigenvalue weighted by Crippen LogP contribution is 2.26. The molecular formula is C24H23N3O2. The van der Waals surface area contributed by atoms with Crippen molar-refractivity contribution in [2.24, 2.45) is 5.92 Å². The van der Waals surface area contributed by atoms with E-state index in [2.05, 4.69) is 22.4 Å². The first-order valence-electron chi connectivity index (χ1n) is 9.83. The molecule has 4 rings (SSSR count). The van der Waals surface area contributed by atoms with E-state index in [0.717, 1.165) is 16.7 Å². The van der Waals surface area contributed by atoms with E-state index in [-0.39, 0.29) is 17.7 Å². The Morgan fingerprint density at radius 1 is 1.00 bits per heavy atom. The van der Waals surface area contributed by atoms with E-state index < -0.39 is 0 Å². The molecule has 2 amide bonds. The maximum absolute atomic E-state index is 12.9. The van der Waals surface area contributed by atoms with Crippen LogP contribution in [0.5, 0.6) is 0 Å². The number of aromatic nitrogens is 1. The monoisotopic (exact) mass is 385 g/mol. The number of hydrogen-bond acceptors (Lipinski definition) is 3. The number of nitrogens with zero attached hydrogens (tertiary/aromatic N) is 2. The van der Waals surface area contributed by atoms with Gasteiger partial charge in [0, 0.05) is 37.6 Å². The highest BCUT2D eigenvalue weighted by atomic mass is 16.2. The molecular weight excluding hydrogens is 362 g/mol. The van der Waals surface area contributed by atoms with Gasteiger partial charge < -0.3 is 10.2 Å². The summed E-state index contributed by atoms with van der Waals surface area (Å²) in [6.07, 6.45) is 4.11. The molecule has 0 saturated carbocycles. The smallest absolute Gasteiger partial charge is 0.253 e. The molecule has 5 nitrogen and oxygen atoms in total. The Labute approximate surface area is 170 Å². The third-order valence-electron chi connectivity index (χ3n) is 5.28. The zero-order valence-electron chi connectivity index (χ0n) is 16.1. The van der Waals surface area contributed by atoms with Crippen molar-refractivity contribution in [3.63, 3.8) is 0 Å². The highest BCUT2D eigenvalue weighted by Gasteiger charge is 2.28. The summed E-state index contributed by atoms with van der Waals surface area (Å²) in [7, 11) is 0. The second kappa shape index (κ2) is 8.69. The third-order valence-corrected chi connectivity index (χ3v) is 5.28. The van der Waals surface area contributed by atoms with Gasteiger partial charge in [0.1, 0.15) is 0 Å². The van der Waals surface area contributed by atoms with E-state index in [1.54, 1.807) is 17.3 Å². The fourth-order valence-electron chi connectivity index (χ4n) is 3.78. The molecule has 0 bridgehead atoms. The minimum Gasteiger partial charge on any atom is -0.354 e. The number of rotatable bonds is 4. The van der Waals surface area contributed by atoms with Gasteiger partial charge in [0.25, 0.3) is 5.91 Å². The summed E-state index contributed by atoms with van der Waals surface area (Å²) in [5.41, 5.74) is 3.90. The molecule has 5 heteroatoms. The Hall–Kier alpha value is -3.47. The van der Waals surface area contributed by atoms with Crippen molar-refractivity contribution < 1.29 is 9.59 Å². The number of benzene rings is 2. The van der Waals surface area contributed by atoms with Crippen molar-refractivity contribution in [3.8, 4) is 11.1 Å². The van der Waals surface area contributed by atoms with Gasteiger partial charge in [0.05, 0.1) is 5.92 Å². The maximum atomic E-state index is 12.9. The molecule has 1 saturated heterocycles. The van der Waals surface area contributed by atoms with E-state index >= 15 is 0 Å². The van der Waals surface area contributed by atoms with Crippen LogP contribution in [0.3, 0.4) is 0 Å². The second-order valence-electron chi connectivity index (χ2n) is 7.20. The molecule has 0 radical (unpaired) electrons. The van der Waals surface area contributed by atoms with E-state index in [1.807, 2.05) is 54.6 Å². The number of carbonyl (C=O) groups is 2. The summed E-state index contributed by atoms with van der Waals surface area (Å²) in [5.74, 6) is -0.333. The van der Waals surface area contributed by atoms with Gasteiger partial charge in [0.2, 0.25) is 5.91 Å². The fraction of sp³-hybridized carbons (Fsp3) is 0.208. The first-order chi connectivity index (χ1) is 14.2. The van der Waals surface area contributed by atoms with Crippen LogP contribution in [-0.2, 0) is 11.2 Å². The Balaban J connectivity index is 1.58. The molecule has 1 fully saturated rings. The summed E-state index contributed by atoms with van der Waals surface area (Å²) < 4.78 is 0. The molecule has 1 N–H and O–H groups in total. The maximum Gasteiger partial charge on any atom is 0.253 e. The number of carbonyl (C=O) groups excluding carboxylic acids is 2. The van der Waals surface area contributed by atoms with E-state index in [1.165, 1.54) is 0 Å². The van der Waals surface area contributed by atoms with Crippen molar-refractivity contribution >= 4 is 11.8 Å². The molecule has 3 aromatic rings. The number of amides is 2. The second-order valence-corrected chi connectivity index (χ2v) is 7.20. The topological polar surface area (TPSA) is 62.3 Å². The Morgan fingerprint density at radius 3 is 2.52 bits per heavy atom. The fourth-order valence-corrected chi connectivity index (χ4v) is 3.78. The van der Waals surface area contributed by atoms with E-state index in [0.29, 0.717) is 31.6 Å². The van der Waals surface area contributed by atoms with Crippen molar-refractivity contribution in [1.82, 2.24) is 15.2 Å². The standard InChI is InChI=1S/C24H23N3O2/c28-23-21(16-20-8-4-5-9-22(20)18-10-12-25-13-11-18)17-27(15-14-26-23)24(29)19-6-2-1-3-7-19/h1-13,21H,14-17H2,(H,26,28)/t21-/m0/s1. The summed E-state index contributed by atoms with van der Waals surface area (Å²) in [4.78, 5) is 31.5. The molecule has 146 valence electrons. The van der Waals surface area contributed by atoms with Crippen LogP contribution < -0.4 is 5.32 Å². The van der Waals surface area contributed by atoms with Crippen LogP contribution in [0.2, 0.25) is 0 Å². The average Bonchev–Trinajstić information content (AvgIpc) is 2.96. The van der Waals surface area contributed by atoms with Crippen LogP contribution in [0.15, 0.2) is 79.1 Å². The van der Waals surface area contributed by atoms with Crippen LogP contribution in [-0.4, -0.2) is 41.3 Å². The Morgan fingerprint density at radius 2 is 1.72 bits per heavy atom. The van der Waals surface area contributed by atoms with Gasteiger partial charge in [-0.15, -0.1) is 0 Å². The molecule has 2 heterocycles. The lowest BCUT2D eigenvalue weighted by Gasteiger charge is -2.24.